The van der Waals surface area contributed by atoms with E-state index in [2.05, 4.69) is 43.1 Å². The third kappa shape index (κ3) is 63.1. The van der Waals surface area contributed by atoms with Crippen molar-refractivity contribution in [2.24, 2.45) is 15.7 Å². The van der Waals surface area contributed by atoms with Gasteiger partial charge in [0.05, 0.1) is 20.2 Å². The van der Waals surface area contributed by atoms with Crippen molar-refractivity contribution in [1.82, 2.24) is 0 Å². The Morgan fingerprint density at radius 3 is 1.28 bits per heavy atom. The van der Waals surface area contributed by atoms with Gasteiger partial charge in [-0.05, 0) is 7.05 Å². The number of methoxy groups -OCH3 is 1. The van der Waals surface area contributed by atoms with Crippen LogP contribution in [0.4, 0.5) is 0 Å². The van der Waals surface area contributed by atoms with Crippen LogP contribution in [0.3, 0.4) is 0 Å². The number of aliphatic imine (C=N–C) groups is 2. The second kappa shape index (κ2) is 48.6. The number of isocyanates is 2. The molecule has 0 atom stereocenters. The number of carbonyl (C=O) groups excluding carboxylic acids is 6. The van der Waals surface area contributed by atoms with Crippen LogP contribution in [0.15, 0.2) is 35.3 Å². The van der Waals surface area contributed by atoms with Crippen molar-refractivity contribution in [3.05, 3.63) is 25.3 Å². The summed E-state index contributed by atoms with van der Waals surface area (Å²) >= 11 is 0. The van der Waals surface area contributed by atoms with Crippen LogP contribution in [-0.4, -0.2) is 88.5 Å². The molecule has 36 heavy (non-hydrogen) atoms. The SMILES string of the molecule is C=CC(=O)OCCN=C=O.C=CC(=O)OCCN=C=O.CCC(=O)CC.CCC(=O)OC.CN.CO. The Balaban J connectivity index is -0.0000000813. The summed E-state index contributed by atoms with van der Waals surface area (Å²) in [5, 5.41) is 7.00. The van der Waals surface area contributed by atoms with Crippen molar-refractivity contribution < 1.29 is 48.1 Å². The number of hydrogen-bond donors (Lipinski definition) is 2. The van der Waals surface area contributed by atoms with E-state index in [1.807, 2.05) is 13.8 Å². The van der Waals surface area contributed by atoms with Gasteiger partial charge < -0.3 is 25.1 Å². The van der Waals surface area contributed by atoms with Crippen molar-refractivity contribution in [1.29, 1.82) is 0 Å². The fraction of sp³-hybridized carbons (Fsp3) is 0.565. The lowest BCUT2D eigenvalue weighted by Gasteiger charge is -1.94. The molecule has 0 radical (unpaired) electrons. The predicted molar refractivity (Wildman–Crippen MR) is 134 cm³/mol. The van der Waals surface area contributed by atoms with Crippen LogP contribution in [-0.2, 0) is 43.0 Å². The molecule has 0 fully saturated rings. The molecule has 0 rings (SSSR count). The summed E-state index contributed by atoms with van der Waals surface area (Å²) in [6.07, 6.45) is 6.58. The number of ether oxygens (including phenoxy) is 3. The minimum absolute atomic E-state index is 0.0973. The topological polar surface area (TPSA) is 201 Å². The van der Waals surface area contributed by atoms with Gasteiger partial charge in [0.2, 0.25) is 12.2 Å². The number of ketones is 1. The monoisotopic (exact) mass is 519 g/mol. The number of rotatable bonds is 11. The van der Waals surface area contributed by atoms with Gasteiger partial charge in [0.15, 0.2) is 0 Å². The number of nitrogens with two attached hydrogens (primary N) is 1. The van der Waals surface area contributed by atoms with E-state index in [0.29, 0.717) is 25.0 Å². The zero-order valence-electron chi connectivity index (χ0n) is 22.1. The van der Waals surface area contributed by atoms with Crippen LogP contribution in [0.2, 0.25) is 0 Å². The molecule has 0 unspecified atom stereocenters. The second-order valence-electron chi connectivity index (χ2n) is 4.86. The lowest BCUT2D eigenvalue weighted by Crippen LogP contribution is -2.03. The molecule has 0 bridgehead atoms. The summed E-state index contributed by atoms with van der Waals surface area (Å²) in [5.74, 6) is -0.841. The van der Waals surface area contributed by atoms with E-state index in [4.69, 9.17) is 5.11 Å². The van der Waals surface area contributed by atoms with Crippen LogP contribution < -0.4 is 5.73 Å². The maximum absolute atomic E-state index is 10.3. The van der Waals surface area contributed by atoms with Crippen molar-refractivity contribution >= 4 is 35.9 Å². The molecule has 0 heterocycles. The molecule has 0 aromatic heterocycles. The summed E-state index contributed by atoms with van der Waals surface area (Å²) < 4.78 is 13.2. The molecule has 0 amide bonds. The smallest absolute Gasteiger partial charge is 0.330 e. The Kier molecular flexibility index (Phi) is 61.7. The van der Waals surface area contributed by atoms with Gasteiger partial charge in [-0.25, -0.2) is 29.2 Å². The largest absolute Gasteiger partial charge is 0.469 e. The van der Waals surface area contributed by atoms with Gasteiger partial charge in [-0.15, -0.1) is 0 Å². The second-order valence-corrected chi connectivity index (χ2v) is 4.86. The lowest BCUT2D eigenvalue weighted by molar-refractivity contribution is -0.140. The van der Waals surface area contributed by atoms with Gasteiger partial charge in [-0.1, -0.05) is 33.9 Å². The van der Waals surface area contributed by atoms with Crippen molar-refractivity contribution in [2.45, 2.75) is 40.0 Å². The van der Waals surface area contributed by atoms with Gasteiger partial charge in [0.1, 0.15) is 19.0 Å². The minimum Gasteiger partial charge on any atom is -0.469 e. The molecule has 13 nitrogen and oxygen atoms in total. The molecule has 208 valence electrons. The highest BCUT2D eigenvalue weighted by molar-refractivity contribution is 5.81. The molecule has 0 aliphatic carbocycles. The fourth-order valence-corrected chi connectivity index (χ4v) is 0.987. The summed E-state index contributed by atoms with van der Waals surface area (Å²) in [6.45, 7) is 12.4. The Hall–Kier alpha value is -3.76. The highest BCUT2D eigenvalue weighted by atomic mass is 16.5. The zero-order valence-corrected chi connectivity index (χ0v) is 22.1. The van der Waals surface area contributed by atoms with Crippen LogP contribution >= 0.6 is 0 Å². The van der Waals surface area contributed by atoms with Gasteiger partial charge in [0, 0.05) is 38.5 Å². The Morgan fingerprint density at radius 1 is 0.806 bits per heavy atom. The highest BCUT2D eigenvalue weighted by Gasteiger charge is 1.92. The molecule has 0 aliphatic heterocycles. The van der Waals surface area contributed by atoms with Gasteiger partial charge in [-0.2, -0.15) is 0 Å². The minimum atomic E-state index is -0.513. The third-order valence-electron chi connectivity index (χ3n) is 2.66. The predicted octanol–water partition coefficient (Wildman–Crippen LogP) is 1.23. The van der Waals surface area contributed by atoms with E-state index < -0.39 is 11.9 Å². The summed E-state index contributed by atoms with van der Waals surface area (Å²) in [5.41, 5.74) is 4.50. The van der Waals surface area contributed by atoms with Crippen LogP contribution in [0, 0.1) is 0 Å². The standard InChI is InChI=1S/2C6H7NO3.C5H10O.C4H8O2.CH5N.CH4O/c2*1-2-6(9)10-4-3-7-5-8;1-3-5(6)4-2;1-3-4(5)6-2;2*1-2/h2*2H,1,3-4H2;3-4H2,1-2H3;3H2,1-2H3;2H2,1H3;2H,1H3. The molecule has 3 N–H and O–H groups in total. The molecule has 0 saturated carbocycles. The molecule has 0 aromatic rings. The summed E-state index contributed by atoms with van der Waals surface area (Å²) in [7, 11) is 3.88. The van der Waals surface area contributed by atoms with Crippen molar-refractivity contribution in [3.63, 3.8) is 0 Å². The van der Waals surface area contributed by atoms with E-state index in [-0.39, 0.29) is 32.3 Å². The van der Waals surface area contributed by atoms with E-state index in [0.717, 1.165) is 19.3 Å². The maximum atomic E-state index is 10.3. The molecular formula is C23H41N3O10. The molecule has 0 aliphatic rings. The van der Waals surface area contributed by atoms with Crippen molar-refractivity contribution in [2.75, 3.05) is 47.6 Å². The van der Waals surface area contributed by atoms with E-state index in [1.54, 1.807) is 6.92 Å². The first-order valence-electron chi connectivity index (χ1n) is 10.5. The van der Waals surface area contributed by atoms with Crippen LogP contribution in [0.1, 0.15) is 40.0 Å². The Bertz CT molecular complexity index is 587. The number of aliphatic hydroxyl groups excluding tert-OH is 1. The van der Waals surface area contributed by atoms with Crippen molar-refractivity contribution in [3.8, 4) is 0 Å². The van der Waals surface area contributed by atoms with Gasteiger partial charge >= 0.3 is 17.9 Å². The molecule has 0 saturated heterocycles. The zero-order chi connectivity index (χ0) is 29.6. The average molecular weight is 520 g/mol. The van der Waals surface area contributed by atoms with E-state index in [1.165, 1.54) is 26.3 Å². The fourth-order valence-electron chi connectivity index (χ4n) is 0.987. The number of hydrogen-bond acceptors (Lipinski definition) is 13. The van der Waals surface area contributed by atoms with Crippen LogP contribution in [0.25, 0.3) is 0 Å². The Morgan fingerprint density at radius 2 is 1.14 bits per heavy atom. The Labute approximate surface area is 213 Å². The lowest BCUT2D eigenvalue weighted by atomic mass is 10.3. The number of esters is 3. The number of aliphatic hydroxyl groups is 1. The molecule has 13 heteroatoms. The highest BCUT2D eigenvalue weighted by Crippen LogP contribution is 1.83. The molecule has 0 spiro atoms. The number of carbonyl (C=O) groups is 4. The quantitative estimate of drug-likeness (QED) is 0.0992. The third-order valence-corrected chi connectivity index (χ3v) is 2.66. The number of Topliss-reactive ketones (excluding diaryl/α,β-unsaturated/α-hetero) is 1. The first-order valence-corrected chi connectivity index (χ1v) is 10.5. The average Bonchev–Trinajstić information content (AvgIpc) is 2.95. The normalized spacial score (nSPS) is 7.22. The maximum Gasteiger partial charge on any atom is 0.330 e. The summed E-state index contributed by atoms with van der Waals surface area (Å²) in [4.78, 5) is 66.0. The van der Waals surface area contributed by atoms with E-state index in [9.17, 15) is 28.8 Å². The first kappa shape index (κ1) is 45.7. The first-order chi connectivity index (χ1) is 17.2. The van der Waals surface area contributed by atoms with Gasteiger partial charge in [0.25, 0.3) is 0 Å². The summed E-state index contributed by atoms with van der Waals surface area (Å²) in [6, 6.07) is 0. The van der Waals surface area contributed by atoms with Gasteiger partial charge in [-0.3, -0.25) is 9.59 Å². The molecule has 0 aromatic carbocycles. The number of nitrogens with zero attached hydrogens (tertiary/aromatic N) is 2. The van der Waals surface area contributed by atoms with E-state index >= 15 is 0 Å². The van der Waals surface area contributed by atoms with Crippen LogP contribution in [0.5, 0.6) is 0 Å². The molecular weight excluding hydrogens is 478 g/mol.